The number of piperidine rings is 1. The molecular formula is C24H28FNO4. The number of aliphatic hydroxyl groups is 1. The van der Waals surface area contributed by atoms with Crippen LogP contribution in [0.4, 0.5) is 4.39 Å². The molecule has 0 spiro atoms. The van der Waals surface area contributed by atoms with E-state index in [2.05, 4.69) is 0 Å². The van der Waals surface area contributed by atoms with Crippen LogP contribution in [0, 0.1) is 5.82 Å². The Hall–Kier alpha value is -2.73. The van der Waals surface area contributed by atoms with Gasteiger partial charge in [0.1, 0.15) is 5.82 Å². The van der Waals surface area contributed by atoms with Crippen molar-refractivity contribution in [3.8, 4) is 0 Å². The molecular weight excluding hydrogens is 385 g/mol. The smallest absolute Gasteiger partial charge is 0.337 e. The summed E-state index contributed by atoms with van der Waals surface area (Å²) in [5.41, 5.74) is 1.97. The number of aliphatic hydroxyl groups excluding tert-OH is 1. The number of esters is 1. The van der Waals surface area contributed by atoms with Crippen LogP contribution in [0.25, 0.3) is 0 Å². The molecule has 1 fully saturated rings. The Morgan fingerprint density at radius 3 is 2.43 bits per heavy atom. The monoisotopic (exact) mass is 413 g/mol. The van der Waals surface area contributed by atoms with Gasteiger partial charge in [-0.25, -0.2) is 9.18 Å². The third-order valence-corrected chi connectivity index (χ3v) is 6.19. The fourth-order valence-corrected chi connectivity index (χ4v) is 4.37. The highest BCUT2D eigenvalue weighted by Crippen LogP contribution is 2.42. The topological polar surface area (TPSA) is 66.8 Å². The first kappa shape index (κ1) is 22.0. The van der Waals surface area contributed by atoms with Gasteiger partial charge in [0.15, 0.2) is 0 Å². The Morgan fingerprint density at radius 1 is 1.20 bits per heavy atom. The van der Waals surface area contributed by atoms with Crippen LogP contribution in [-0.2, 0) is 14.9 Å². The van der Waals surface area contributed by atoms with Crippen molar-refractivity contribution in [2.75, 3.05) is 20.3 Å². The molecule has 1 amide bonds. The van der Waals surface area contributed by atoms with Crippen LogP contribution in [0.2, 0.25) is 0 Å². The largest absolute Gasteiger partial charge is 0.465 e. The molecule has 1 N–H and O–H groups in total. The third-order valence-electron chi connectivity index (χ3n) is 6.19. The Balaban J connectivity index is 1.78. The summed E-state index contributed by atoms with van der Waals surface area (Å²) in [5, 5.41) is 9.35. The van der Waals surface area contributed by atoms with Gasteiger partial charge in [-0.2, -0.15) is 0 Å². The summed E-state index contributed by atoms with van der Waals surface area (Å²) < 4.78 is 18.1. The van der Waals surface area contributed by atoms with Crippen molar-refractivity contribution in [2.24, 2.45) is 0 Å². The summed E-state index contributed by atoms with van der Waals surface area (Å²) in [7, 11) is 1.34. The van der Waals surface area contributed by atoms with Gasteiger partial charge in [-0.15, -0.1) is 0 Å². The number of amides is 1. The predicted molar refractivity (Wildman–Crippen MR) is 112 cm³/mol. The summed E-state index contributed by atoms with van der Waals surface area (Å²) in [5.74, 6) is -0.659. The fourth-order valence-electron chi connectivity index (χ4n) is 4.37. The van der Waals surface area contributed by atoms with Crippen molar-refractivity contribution in [3.63, 3.8) is 0 Å². The highest BCUT2D eigenvalue weighted by molar-refractivity contribution is 5.89. The lowest BCUT2D eigenvalue weighted by atomic mass is 9.69. The molecule has 1 aliphatic rings. The molecule has 2 aromatic rings. The summed E-state index contributed by atoms with van der Waals surface area (Å²) in [6.45, 7) is 2.61. The summed E-state index contributed by atoms with van der Waals surface area (Å²) in [4.78, 5) is 26.7. The average molecular weight is 413 g/mol. The zero-order valence-electron chi connectivity index (χ0n) is 17.4. The first-order valence-electron chi connectivity index (χ1n) is 10.2. The molecule has 30 heavy (non-hydrogen) atoms. The zero-order valence-corrected chi connectivity index (χ0v) is 17.4. The molecule has 0 aliphatic carbocycles. The minimum Gasteiger partial charge on any atom is -0.465 e. The van der Waals surface area contributed by atoms with E-state index in [9.17, 15) is 19.1 Å². The number of benzene rings is 2. The van der Waals surface area contributed by atoms with E-state index in [1.54, 1.807) is 24.3 Å². The lowest BCUT2D eigenvalue weighted by Crippen LogP contribution is -2.47. The highest BCUT2D eigenvalue weighted by atomic mass is 19.1. The van der Waals surface area contributed by atoms with E-state index in [-0.39, 0.29) is 24.4 Å². The molecule has 6 heteroatoms. The average Bonchev–Trinajstić information content (AvgIpc) is 2.77. The number of carbonyl (C=O) groups excluding carboxylic acids is 2. The maximum atomic E-state index is 13.4. The molecule has 160 valence electrons. The Labute approximate surface area is 176 Å². The van der Waals surface area contributed by atoms with Crippen LogP contribution < -0.4 is 0 Å². The lowest BCUT2D eigenvalue weighted by Gasteiger charge is -2.44. The zero-order chi connectivity index (χ0) is 21.7. The maximum Gasteiger partial charge on any atom is 0.337 e. The Morgan fingerprint density at radius 2 is 1.87 bits per heavy atom. The van der Waals surface area contributed by atoms with Gasteiger partial charge >= 0.3 is 5.97 Å². The minimum atomic E-state index is -0.392. The molecule has 0 saturated carbocycles. The summed E-state index contributed by atoms with van der Waals surface area (Å²) in [6, 6.07) is 13.3. The van der Waals surface area contributed by atoms with Crippen molar-refractivity contribution in [1.29, 1.82) is 0 Å². The van der Waals surface area contributed by atoms with E-state index in [0.29, 0.717) is 31.4 Å². The number of nitrogens with zero attached hydrogens (tertiary/aromatic N) is 1. The number of likely N-dealkylation sites (tertiary alicyclic amines) is 1. The molecule has 2 atom stereocenters. The minimum absolute atomic E-state index is 0.0352. The Kier molecular flexibility index (Phi) is 6.87. The molecule has 1 unspecified atom stereocenters. The number of rotatable bonds is 7. The summed E-state index contributed by atoms with van der Waals surface area (Å²) in [6.07, 6.45) is 2.34. The van der Waals surface area contributed by atoms with Crippen molar-refractivity contribution >= 4 is 11.9 Å². The number of hydrogen-bond donors (Lipinski definition) is 1. The van der Waals surface area contributed by atoms with Crippen LogP contribution in [-0.4, -0.2) is 42.1 Å². The second-order valence-electron chi connectivity index (χ2n) is 7.92. The Bertz CT molecular complexity index is 881. The molecule has 0 aromatic heterocycles. The van der Waals surface area contributed by atoms with Crippen molar-refractivity contribution < 1.29 is 23.8 Å². The van der Waals surface area contributed by atoms with Gasteiger partial charge in [0, 0.05) is 25.0 Å². The van der Waals surface area contributed by atoms with E-state index >= 15 is 0 Å². The standard InChI is InChI=1S/C24H28FNO4/c1-17(18-4-6-19(7-5-18)23(29)30-2)26-14-13-24(12-3-15-27,16-22(26)28)20-8-10-21(25)11-9-20/h4-11,17,27H,3,12-16H2,1-2H3/t17-,24?/m0/s1. The predicted octanol–water partition coefficient (Wildman–Crippen LogP) is 4.01. The third kappa shape index (κ3) is 4.54. The van der Waals surface area contributed by atoms with Crippen LogP contribution >= 0.6 is 0 Å². The van der Waals surface area contributed by atoms with Gasteiger partial charge in [-0.3, -0.25) is 4.79 Å². The second-order valence-corrected chi connectivity index (χ2v) is 7.92. The first-order valence-corrected chi connectivity index (χ1v) is 10.2. The van der Waals surface area contributed by atoms with Crippen LogP contribution in [0.5, 0.6) is 0 Å². The molecule has 1 heterocycles. The second kappa shape index (κ2) is 9.39. The molecule has 1 aliphatic heterocycles. The molecule has 0 radical (unpaired) electrons. The van der Waals surface area contributed by atoms with Crippen LogP contribution in [0.15, 0.2) is 48.5 Å². The number of methoxy groups -OCH3 is 1. The summed E-state index contributed by atoms with van der Waals surface area (Å²) >= 11 is 0. The van der Waals surface area contributed by atoms with E-state index in [0.717, 1.165) is 17.5 Å². The lowest BCUT2D eigenvalue weighted by molar-refractivity contribution is -0.138. The maximum absolute atomic E-state index is 13.4. The van der Waals surface area contributed by atoms with Gasteiger partial charge in [0.2, 0.25) is 5.91 Å². The van der Waals surface area contributed by atoms with E-state index in [4.69, 9.17) is 4.74 Å². The number of hydrogen-bond acceptors (Lipinski definition) is 4. The molecule has 0 bridgehead atoms. The van der Waals surface area contributed by atoms with Crippen LogP contribution in [0.3, 0.4) is 0 Å². The van der Waals surface area contributed by atoms with Gasteiger partial charge in [0.05, 0.1) is 18.7 Å². The molecule has 1 saturated heterocycles. The van der Waals surface area contributed by atoms with Gasteiger partial charge < -0.3 is 14.7 Å². The fraction of sp³-hybridized carbons (Fsp3) is 0.417. The van der Waals surface area contributed by atoms with Crippen molar-refractivity contribution in [1.82, 2.24) is 4.90 Å². The highest BCUT2D eigenvalue weighted by Gasteiger charge is 2.41. The first-order chi connectivity index (χ1) is 14.4. The van der Waals surface area contributed by atoms with Gasteiger partial charge in [0.25, 0.3) is 0 Å². The van der Waals surface area contributed by atoms with E-state index < -0.39 is 11.4 Å². The van der Waals surface area contributed by atoms with E-state index in [1.807, 2.05) is 24.0 Å². The molecule has 2 aromatic carbocycles. The quantitative estimate of drug-likeness (QED) is 0.697. The van der Waals surface area contributed by atoms with E-state index in [1.165, 1.54) is 19.2 Å². The van der Waals surface area contributed by atoms with Crippen molar-refractivity contribution in [2.45, 2.75) is 44.1 Å². The molecule has 3 rings (SSSR count). The number of carbonyl (C=O) groups is 2. The van der Waals surface area contributed by atoms with Crippen molar-refractivity contribution in [3.05, 3.63) is 71.0 Å². The number of ether oxygens (including phenoxy) is 1. The normalized spacial score (nSPS) is 20.1. The van der Waals surface area contributed by atoms with Crippen LogP contribution in [0.1, 0.15) is 60.1 Å². The van der Waals surface area contributed by atoms with Gasteiger partial charge in [-0.05, 0) is 61.6 Å². The van der Waals surface area contributed by atoms with Gasteiger partial charge in [-0.1, -0.05) is 24.3 Å². The number of halogens is 1. The SMILES string of the molecule is COC(=O)c1ccc([C@H](C)N2CCC(CCCO)(c3ccc(F)cc3)CC2=O)cc1. The molecule has 5 nitrogen and oxygen atoms in total.